The summed E-state index contributed by atoms with van der Waals surface area (Å²) in [6.07, 6.45) is 9.35. The van der Waals surface area contributed by atoms with Crippen molar-refractivity contribution < 1.29 is 18.3 Å². The second kappa shape index (κ2) is 26.8. The van der Waals surface area contributed by atoms with Crippen LogP contribution in [0.2, 0.25) is 0 Å². The summed E-state index contributed by atoms with van der Waals surface area (Å²) in [5, 5.41) is 0. The Bertz CT molecular complexity index is 3960. The molecule has 7 aromatic carbocycles. The molecule has 0 spiro atoms. The Balaban J connectivity index is 0.000000150. The molecule has 8 nitrogen and oxygen atoms in total. The van der Waals surface area contributed by atoms with Crippen LogP contribution in [0.4, 0.5) is 0 Å². The van der Waals surface area contributed by atoms with Gasteiger partial charge in [-0.15, -0.1) is 0 Å². The standard InChI is InChI=1S/C26H33N2.C20H21N2.C18H17N2.C12H13N2/c1-18-11-9-10-12-22(18)24-16-23(27-17-28(24)8)19-13-20(25(2,3)4)15-21(14-19)26(5,6)7;1-14-9-15(2)11-17(10-14)19-12-20(22(4)13-21-19)18-8-6-5-7-16(18)3;1-14-8-6-7-11-16(14)18-12-17(19-13-20(18)2)15-9-4-3-5-10-15;1-10-5-3-4-6-11(10)12-7-8-13-9-14(12)2/h9-17H,1-8H3;5-13H,1-4H3;3-13H,1-2H3;3-9H,1-2H3/q4*+1. The van der Waals surface area contributed by atoms with Gasteiger partial charge < -0.3 is 0 Å². The van der Waals surface area contributed by atoms with Gasteiger partial charge in [0.15, 0.2) is 17.1 Å². The third kappa shape index (κ3) is 15.3. The SMILES string of the molecule is Cc1cc(C)cc(-c2cc(-c3ccccc3C)[n+](C)cn2)c1.Cc1ccccc1-c1cc(-c2cc(C(C)(C)C)cc(C(C)(C)C)c2)nc[n+]1C.Cc1ccccc1-c1cc(-c2ccccc2)nc[n+]1C.Cc1ccccc1-c1ccnc[n+]1C. The highest BCUT2D eigenvalue weighted by atomic mass is 15.0. The molecule has 84 heavy (non-hydrogen) atoms. The van der Waals surface area contributed by atoms with Crippen molar-refractivity contribution in [2.75, 3.05) is 0 Å². The molecule has 0 radical (unpaired) electrons. The monoisotopic (exact) mass is 1110 g/mol. The fraction of sp³-hybridized carbons (Fsp3) is 0.237. The quantitative estimate of drug-likeness (QED) is 0.149. The maximum Gasteiger partial charge on any atom is 0.287 e. The molecule has 0 N–H and O–H groups in total. The summed E-state index contributed by atoms with van der Waals surface area (Å²) < 4.78 is 8.27. The van der Waals surface area contributed by atoms with Gasteiger partial charge in [-0.05, 0) is 125 Å². The molecule has 0 bridgehead atoms. The van der Waals surface area contributed by atoms with E-state index < -0.39 is 0 Å². The second-order valence-electron chi connectivity index (χ2n) is 24.2. The Kier molecular flexibility index (Phi) is 19.5. The molecule has 4 heterocycles. The number of rotatable bonds is 7. The first-order valence-corrected chi connectivity index (χ1v) is 29.0. The summed E-state index contributed by atoms with van der Waals surface area (Å²) in [5.41, 5.74) is 26.8. The summed E-state index contributed by atoms with van der Waals surface area (Å²) in [6, 6.07) is 66.2. The maximum absolute atomic E-state index is 4.77. The molecule has 0 aliphatic carbocycles. The van der Waals surface area contributed by atoms with Crippen molar-refractivity contribution in [3.05, 3.63) is 264 Å². The fourth-order valence-electron chi connectivity index (χ4n) is 10.2. The first kappa shape index (κ1) is 60.9. The van der Waals surface area contributed by atoms with Crippen molar-refractivity contribution in [3.63, 3.8) is 0 Å². The zero-order valence-electron chi connectivity index (χ0n) is 52.4. The van der Waals surface area contributed by atoms with Gasteiger partial charge in [-0.25, -0.2) is 18.3 Å². The Morgan fingerprint density at radius 3 is 0.976 bits per heavy atom. The first-order chi connectivity index (χ1) is 40.0. The number of hydrogen-bond donors (Lipinski definition) is 0. The average Bonchev–Trinajstić information content (AvgIpc) is 3.60. The van der Waals surface area contributed by atoms with Gasteiger partial charge >= 0.3 is 0 Å². The summed E-state index contributed by atoms with van der Waals surface area (Å²) in [5.74, 6) is 0. The van der Waals surface area contributed by atoms with Crippen LogP contribution in [0.25, 0.3) is 78.8 Å². The highest BCUT2D eigenvalue weighted by Crippen LogP contribution is 2.35. The third-order valence-corrected chi connectivity index (χ3v) is 15.2. The van der Waals surface area contributed by atoms with Crippen LogP contribution in [0.3, 0.4) is 0 Å². The summed E-state index contributed by atoms with van der Waals surface area (Å²) in [7, 11) is 8.14. The minimum Gasteiger partial charge on any atom is -0.233 e. The molecule has 0 unspecified atom stereocenters. The average molecular weight is 1110 g/mol. The predicted octanol–water partition coefficient (Wildman–Crippen LogP) is 15.7. The topological polar surface area (TPSA) is 67.1 Å². The van der Waals surface area contributed by atoms with Gasteiger partial charge in [-0.1, -0.05) is 197 Å². The zero-order valence-corrected chi connectivity index (χ0v) is 52.4. The lowest BCUT2D eigenvalue weighted by molar-refractivity contribution is -0.663. The summed E-state index contributed by atoms with van der Waals surface area (Å²) >= 11 is 0. The lowest BCUT2D eigenvalue weighted by Gasteiger charge is -2.25. The van der Waals surface area contributed by atoms with Gasteiger partial charge in [0.25, 0.3) is 25.3 Å². The maximum atomic E-state index is 4.77. The van der Waals surface area contributed by atoms with Gasteiger partial charge in [0.05, 0.1) is 28.2 Å². The molecule has 0 saturated heterocycles. The Labute approximate surface area is 500 Å². The van der Waals surface area contributed by atoms with Gasteiger partial charge in [0.2, 0.25) is 0 Å². The van der Waals surface area contributed by atoms with Crippen LogP contribution in [-0.2, 0) is 39.0 Å². The lowest BCUT2D eigenvalue weighted by atomic mass is 9.79. The first-order valence-electron chi connectivity index (χ1n) is 29.0. The van der Waals surface area contributed by atoms with E-state index in [-0.39, 0.29) is 10.8 Å². The number of hydrogen-bond acceptors (Lipinski definition) is 4. The van der Waals surface area contributed by atoms with E-state index in [1.54, 1.807) is 0 Å². The lowest BCUT2D eigenvalue weighted by Crippen LogP contribution is -2.31. The van der Waals surface area contributed by atoms with E-state index in [1.165, 1.54) is 101 Å². The van der Waals surface area contributed by atoms with Crippen molar-refractivity contribution in [3.8, 4) is 78.8 Å². The van der Waals surface area contributed by atoms with Crippen LogP contribution in [0.15, 0.2) is 220 Å². The second-order valence-corrected chi connectivity index (χ2v) is 24.2. The van der Waals surface area contributed by atoms with Gasteiger partial charge in [0.1, 0.15) is 29.0 Å². The fourth-order valence-corrected chi connectivity index (χ4v) is 10.2. The van der Waals surface area contributed by atoms with E-state index in [2.05, 4.69) is 283 Å². The molecule has 0 aliphatic heterocycles. The van der Waals surface area contributed by atoms with Crippen LogP contribution in [0.1, 0.15) is 86.1 Å². The molecular formula is C76H84N8+4. The molecule has 4 aromatic heterocycles. The van der Waals surface area contributed by atoms with Crippen LogP contribution in [0.5, 0.6) is 0 Å². The molecule has 0 saturated carbocycles. The van der Waals surface area contributed by atoms with Crippen LogP contribution in [0, 0.1) is 41.5 Å². The number of benzene rings is 7. The molecule has 8 heteroatoms. The highest BCUT2D eigenvalue weighted by molar-refractivity contribution is 5.71. The predicted molar refractivity (Wildman–Crippen MR) is 346 cm³/mol. The van der Waals surface area contributed by atoms with Crippen molar-refractivity contribution in [2.24, 2.45) is 28.2 Å². The largest absolute Gasteiger partial charge is 0.287 e. The van der Waals surface area contributed by atoms with E-state index in [9.17, 15) is 0 Å². The summed E-state index contributed by atoms with van der Waals surface area (Å²) in [6.45, 7) is 26.5. The van der Waals surface area contributed by atoms with E-state index in [1.807, 2.05) is 81.5 Å². The van der Waals surface area contributed by atoms with Crippen molar-refractivity contribution in [1.82, 2.24) is 19.9 Å². The minimum absolute atomic E-state index is 0.0916. The van der Waals surface area contributed by atoms with Crippen LogP contribution >= 0.6 is 0 Å². The highest BCUT2D eigenvalue weighted by Gasteiger charge is 2.24. The number of nitrogens with zero attached hydrogens (tertiary/aromatic N) is 8. The Morgan fingerprint density at radius 2 is 0.619 bits per heavy atom. The molecule has 0 atom stereocenters. The zero-order chi connectivity index (χ0) is 60.3. The molecule has 0 fully saturated rings. The molecule has 424 valence electrons. The number of aryl methyl sites for hydroxylation is 10. The Morgan fingerprint density at radius 1 is 0.298 bits per heavy atom. The van der Waals surface area contributed by atoms with Gasteiger partial charge in [0, 0.05) is 63.2 Å². The molecule has 0 amide bonds. The van der Waals surface area contributed by atoms with Crippen molar-refractivity contribution in [1.29, 1.82) is 0 Å². The molecule has 11 rings (SSSR count). The Hall–Kier alpha value is -9.14. The molecular weight excluding hydrogens is 1020 g/mol. The minimum atomic E-state index is 0.0916. The van der Waals surface area contributed by atoms with Crippen LogP contribution in [-0.4, -0.2) is 19.9 Å². The van der Waals surface area contributed by atoms with Crippen molar-refractivity contribution in [2.45, 2.75) is 93.9 Å². The number of aromatic nitrogens is 8. The van der Waals surface area contributed by atoms with E-state index in [4.69, 9.17) is 4.98 Å². The van der Waals surface area contributed by atoms with Gasteiger partial charge in [-0.3, -0.25) is 0 Å². The van der Waals surface area contributed by atoms with Crippen LogP contribution < -0.4 is 18.3 Å². The third-order valence-electron chi connectivity index (χ3n) is 15.2. The normalized spacial score (nSPS) is 11.1. The van der Waals surface area contributed by atoms with E-state index in [0.29, 0.717) is 0 Å². The van der Waals surface area contributed by atoms with Crippen molar-refractivity contribution >= 4 is 0 Å². The molecule has 0 aliphatic rings. The van der Waals surface area contributed by atoms with Gasteiger partial charge in [-0.2, -0.15) is 0 Å². The van der Waals surface area contributed by atoms with E-state index >= 15 is 0 Å². The summed E-state index contributed by atoms with van der Waals surface area (Å²) in [4.78, 5) is 18.0. The van der Waals surface area contributed by atoms with E-state index in [0.717, 1.165) is 22.6 Å². The molecule has 11 aromatic rings. The smallest absolute Gasteiger partial charge is 0.233 e.